The SMILES string of the molecule is Cc1nnc(NC(=O)CSCC(O)CO)o1. The summed E-state index contributed by atoms with van der Waals surface area (Å²) < 4.78 is 4.95. The Morgan fingerprint density at radius 3 is 2.94 bits per heavy atom. The number of carbonyl (C=O) groups is 1. The molecule has 0 spiro atoms. The predicted molar refractivity (Wildman–Crippen MR) is 58.1 cm³/mol. The molecule has 1 aromatic rings. The van der Waals surface area contributed by atoms with Crippen LogP contribution in [-0.4, -0.2) is 50.5 Å². The molecule has 1 aromatic heterocycles. The predicted octanol–water partition coefficient (Wildman–Crippen LogP) is -0.597. The molecule has 1 atom stereocenters. The van der Waals surface area contributed by atoms with E-state index in [9.17, 15) is 4.79 Å². The Hall–Kier alpha value is -1.12. The summed E-state index contributed by atoms with van der Waals surface area (Å²) in [5, 5.41) is 27.1. The third kappa shape index (κ3) is 4.60. The number of aliphatic hydroxyl groups is 2. The van der Waals surface area contributed by atoms with Gasteiger partial charge in [0.2, 0.25) is 11.8 Å². The molecule has 3 N–H and O–H groups in total. The van der Waals surface area contributed by atoms with Gasteiger partial charge < -0.3 is 14.6 Å². The second kappa shape index (κ2) is 6.46. The van der Waals surface area contributed by atoms with E-state index in [2.05, 4.69) is 15.5 Å². The van der Waals surface area contributed by atoms with Crippen molar-refractivity contribution in [1.82, 2.24) is 10.2 Å². The number of aromatic nitrogens is 2. The first kappa shape index (κ1) is 12.9. The van der Waals surface area contributed by atoms with Gasteiger partial charge in [-0.2, -0.15) is 0 Å². The second-order valence-electron chi connectivity index (χ2n) is 3.03. The van der Waals surface area contributed by atoms with Gasteiger partial charge in [-0.1, -0.05) is 5.10 Å². The maximum atomic E-state index is 11.3. The molecule has 16 heavy (non-hydrogen) atoms. The van der Waals surface area contributed by atoms with Crippen LogP contribution in [0.1, 0.15) is 5.89 Å². The molecule has 8 heteroatoms. The molecular weight excluding hydrogens is 234 g/mol. The van der Waals surface area contributed by atoms with Crippen molar-refractivity contribution in [2.24, 2.45) is 0 Å². The second-order valence-corrected chi connectivity index (χ2v) is 4.06. The zero-order chi connectivity index (χ0) is 12.0. The summed E-state index contributed by atoms with van der Waals surface area (Å²) in [6.45, 7) is 1.31. The van der Waals surface area contributed by atoms with Crippen LogP contribution in [0.3, 0.4) is 0 Å². The highest BCUT2D eigenvalue weighted by molar-refractivity contribution is 8.00. The van der Waals surface area contributed by atoms with Gasteiger partial charge in [-0.05, 0) is 0 Å². The van der Waals surface area contributed by atoms with E-state index in [1.165, 1.54) is 11.8 Å². The molecule has 0 saturated carbocycles. The molecular formula is C8H13N3O4S. The zero-order valence-corrected chi connectivity index (χ0v) is 9.53. The van der Waals surface area contributed by atoms with Crippen LogP contribution in [0, 0.1) is 6.92 Å². The number of amides is 1. The number of thioether (sulfide) groups is 1. The fourth-order valence-electron chi connectivity index (χ4n) is 0.843. The first-order valence-electron chi connectivity index (χ1n) is 4.58. The van der Waals surface area contributed by atoms with Crippen LogP contribution in [0.5, 0.6) is 0 Å². The highest BCUT2D eigenvalue weighted by atomic mass is 32.2. The number of carbonyl (C=O) groups excluding carboxylic acids is 1. The number of nitrogens with zero attached hydrogens (tertiary/aromatic N) is 2. The number of anilines is 1. The van der Waals surface area contributed by atoms with Gasteiger partial charge >= 0.3 is 6.01 Å². The lowest BCUT2D eigenvalue weighted by molar-refractivity contribution is -0.113. The smallest absolute Gasteiger partial charge is 0.322 e. The van der Waals surface area contributed by atoms with Crippen molar-refractivity contribution in [2.75, 3.05) is 23.4 Å². The van der Waals surface area contributed by atoms with E-state index in [1.54, 1.807) is 6.92 Å². The number of aliphatic hydroxyl groups excluding tert-OH is 2. The van der Waals surface area contributed by atoms with Crippen LogP contribution in [0.2, 0.25) is 0 Å². The van der Waals surface area contributed by atoms with Crippen LogP contribution in [0.25, 0.3) is 0 Å². The van der Waals surface area contributed by atoms with E-state index in [-0.39, 0.29) is 24.3 Å². The monoisotopic (exact) mass is 247 g/mol. The van der Waals surface area contributed by atoms with E-state index in [0.29, 0.717) is 11.6 Å². The topological polar surface area (TPSA) is 108 Å². The quantitative estimate of drug-likeness (QED) is 0.616. The number of nitrogens with one attached hydrogen (secondary N) is 1. The van der Waals surface area contributed by atoms with Crippen molar-refractivity contribution in [3.05, 3.63) is 5.89 Å². The summed E-state index contributed by atoms with van der Waals surface area (Å²) in [6, 6.07) is 0.0609. The van der Waals surface area contributed by atoms with Crippen molar-refractivity contribution in [3.63, 3.8) is 0 Å². The first-order valence-corrected chi connectivity index (χ1v) is 5.74. The number of hydrogen-bond donors (Lipinski definition) is 3. The van der Waals surface area contributed by atoms with Crippen molar-refractivity contribution in [2.45, 2.75) is 13.0 Å². The van der Waals surface area contributed by atoms with Crippen molar-refractivity contribution < 1.29 is 19.4 Å². The molecule has 0 bridgehead atoms. The Morgan fingerprint density at radius 1 is 1.62 bits per heavy atom. The highest BCUT2D eigenvalue weighted by Gasteiger charge is 2.09. The van der Waals surface area contributed by atoms with E-state index < -0.39 is 6.10 Å². The van der Waals surface area contributed by atoms with Crippen molar-refractivity contribution in [3.8, 4) is 0 Å². The Morgan fingerprint density at radius 2 is 2.38 bits per heavy atom. The summed E-state index contributed by atoms with van der Waals surface area (Å²) in [5.41, 5.74) is 0. The van der Waals surface area contributed by atoms with E-state index >= 15 is 0 Å². The normalized spacial score (nSPS) is 12.4. The summed E-state index contributed by atoms with van der Waals surface area (Å²) in [5.74, 6) is 0.531. The summed E-state index contributed by atoms with van der Waals surface area (Å²) in [6.07, 6.45) is -0.802. The average molecular weight is 247 g/mol. The number of rotatable bonds is 6. The lowest BCUT2D eigenvalue weighted by Crippen LogP contribution is -2.19. The maximum Gasteiger partial charge on any atom is 0.322 e. The Balaban J connectivity index is 2.21. The Bertz CT molecular complexity index is 344. The van der Waals surface area contributed by atoms with Crippen LogP contribution >= 0.6 is 11.8 Å². The zero-order valence-electron chi connectivity index (χ0n) is 8.71. The van der Waals surface area contributed by atoms with Gasteiger partial charge in [-0.15, -0.1) is 16.9 Å². The summed E-state index contributed by atoms with van der Waals surface area (Å²) >= 11 is 1.21. The maximum absolute atomic E-state index is 11.3. The molecule has 1 heterocycles. The molecule has 0 aromatic carbocycles. The first-order chi connectivity index (χ1) is 7.61. The highest BCUT2D eigenvalue weighted by Crippen LogP contribution is 2.07. The minimum atomic E-state index is -0.802. The largest absolute Gasteiger partial charge is 0.408 e. The molecule has 7 nitrogen and oxygen atoms in total. The molecule has 1 rings (SSSR count). The molecule has 1 amide bonds. The Kier molecular flexibility index (Phi) is 5.23. The third-order valence-electron chi connectivity index (χ3n) is 1.53. The minimum Gasteiger partial charge on any atom is -0.408 e. The molecule has 0 radical (unpaired) electrons. The number of aryl methyl sites for hydroxylation is 1. The fraction of sp³-hybridized carbons (Fsp3) is 0.625. The molecule has 90 valence electrons. The lowest BCUT2D eigenvalue weighted by atomic mass is 10.4. The molecule has 0 aliphatic carbocycles. The van der Waals surface area contributed by atoms with Gasteiger partial charge in [-0.25, -0.2) is 0 Å². The minimum absolute atomic E-state index is 0.0609. The lowest BCUT2D eigenvalue weighted by Gasteiger charge is -2.05. The van der Waals surface area contributed by atoms with Gasteiger partial charge in [0.25, 0.3) is 0 Å². The van der Waals surface area contributed by atoms with E-state index in [4.69, 9.17) is 14.6 Å². The van der Waals surface area contributed by atoms with Crippen molar-refractivity contribution >= 4 is 23.7 Å². The molecule has 1 unspecified atom stereocenters. The van der Waals surface area contributed by atoms with Gasteiger partial charge in [0, 0.05) is 12.7 Å². The van der Waals surface area contributed by atoms with Gasteiger partial charge in [0.1, 0.15) is 0 Å². The van der Waals surface area contributed by atoms with Crippen LogP contribution in [0.15, 0.2) is 4.42 Å². The average Bonchev–Trinajstić information content (AvgIpc) is 2.63. The van der Waals surface area contributed by atoms with Gasteiger partial charge in [0.05, 0.1) is 18.5 Å². The van der Waals surface area contributed by atoms with Gasteiger partial charge in [0.15, 0.2) is 0 Å². The Labute approximate surface area is 96.2 Å². The fourth-order valence-corrected chi connectivity index (χ4v) is 1.60. The standard InChI is InChI=1S/C8H13N3O4S/c1-5-10-11-8(15-5)9-7(14)4-16-3-6(13)2-12/h6,12-13H,2-4H2,1H3,(H,9,11,14). The van der Waals surface area contributed by atoms with Crippen LogP contribution in [-0.2, 0) is 4.79 Å². The molecule has 0 aliphatic rings. The molecule has 0 fully saturated rings. The van der Waals surface area contributed by atoms with E-state index in [0.717, 1.165) is 0 Å². The molecule has 0 saturated heterocycles. The van der Waals surface area contributed by atoms with Crippen LogP contribution in [0.4, 0.5) is 6.01 Å². The van der Waals surface area contributed by atoms with Crippen molar-refractivity contribution in [1.29, 1.82) is 0 Å². The van der Waals surface area contributed by atoms with Gasteiger partial charge in [-0.3, -0.25) is 10.1 Å². The van der Waals surface area contributed by atoms with Crippen LogP contribution < -0.4 is 5.32 Å². The third-order valence-corrected chi connectivity index (χ3v) is 2.61. The molecule has 0 aliphatic heterocycles. The number of hydrogen-bond acceptors (Lipinski definition) is 7. The van der Waals surface area contributed by atoms with E-state index in [1.807, 2.05) is 0 Å². The summed E-state index contributed by atoms with van der Waals surface area (Å²) in [4.78, 5) is 11.3. The summed E-state index contributed by atoms with van der Waals surface area (Å²) in [7, 11) is 0.